The van der Waals surface area contributed by atoms with Gasteiger partial charge in [0.15, 0.2) is 5.78 Å². The van der Waals surface area contributed by atoms with Gasteiger partial charge < -0.3 is 4.74 Å². The van der Waals surface area contributed by atoms with Gasteiger partial charge in [0.2, 0.25) is 0 Å². The molecule has 0 bridgehead atoms. The van der Waals surface area contributed by atoms with Crippen LogP contribution in [-0.2, 0) is 16.0 Å². The van der Waals surface area contributed by atoms with Crippen molar-refractivity contribution in [3.8, 4) is 0 Å². The van der Waals surface area contributed by atoms with Gasteiger partial charge in [-0.15, -0.1) is 0 Å². The Labute approximate surface area is 92.2 Å². The van der Waals surface area contributed by atoms with E-state index >= 15 is 0 Å². The minimum atomic E-state index is -0.795. The quantitative estimate of drug-likeness (QED) is 0.565. The Balaban J connectivity index is 2.27. The molecule has 1 aliphatic carbocycles. The molecule has 0 radical (unpaired) electrons. The smallest absolute Gasteiger partial charge is 0.317 e. The van der Waals surface area contributed by atoms with Gasteiger partial charge in [-0.3, -0.25) is 9.59 Å². The lowest BCUT2D eigenvalue weighted by molar-refractivity contribution is -0.145. The lowest BCUT2D eigenvalue weighted by Gasteiger charge is -2.05. The van der Waals surface area contributed by atoms with Crippen LogP contribution in [-0.4, -0.2) is 18.4 Å². The van der Waals surface area contributed by atoms with Gasteiger partial charge in [0.05, 0.1) is 6.61 Å². The van der Waals surface area contributed by atoms with Crippen molar-refractivity contribution in [1.29, 1.82) is 0 Å². The summed E-state index contributed by atoms with van der Waals surface area (Å²) in [5, 5.41) is 0. The minimum Gasteiger partial charge on any atom is -0.465 e. The van der Waals surface area contributed by atoms with E-state index in [1.807, 2.05) is 0 Å². The van der Waals surface area contributed by atoms with Crippen molar-refractivity contribution in [2.45, 2.75) is 13.3 Å². The zero-order valence-corrected chi connectivity index (χ0v) is 8.83. The summed E-state index contributed by atoms with van der Waals surface area (Å²) in [6, 6.07) is 4.01. The van der Waals surface area contributed by atoms with Gasteiger partial charge >= 0.3 is 5.97 Å². The van der Waals surface area contributed by atoms with Crippen LogP contribution in [0.4, 0.5) is 4.39 Å². The van der Waals surface area contributed by atoms with Gasteiger partial charge in [-0.1, -0.05) is 6.07 Å². The average molecular weight is 222 g/mol. The number of ketones is 1. The number of hydrogen-bond donors (Lipinski definition) is 0. The van der Waals surface area contributed by atoms with E-state index < -0.39 is 17.7 Å². The van der Waals surface area contributed by atoms with E-state index in [4.69, 9.17) is 4.74 Å². The first-order chi connectivity index (χ1) is 7.63. The molecule has 2 rings (SSSR count). The fourth-order valence-corrected chi connectivity index (χ4v) is 1.89. The molecule has 3 nitrogen and oxygen atoms in total. The van der Waals surface area contributed by atoms with E-state index in [1.165, 1.54) is 12.1 Å². The van der Waals surface area contributed by atoms with Gasteiger partial charge in [0.25, 0.3) is 0 Å². The second kappa shape index (κ2) is 4.04. The first kappa shape index (κ1) is 10.8. The summed E-state index contributed by atoms with van der Waals surface area (Å²) in [4.78, 5) is 23.3. The van der Waals surface area contributed by atoms with Crippen LogP contribution in [0.5, 0.6) is 0 Å². The molecule has 1 aromatic rings. The van der Waals surface area contributed by atoms with Gasteiger partial charge in [-0.2, -0.15) is 0 Å². The molecule has 16 heavy (non-hydrogen) atoms. The van der Waals surface area contributed by atoms with Gasteiger partial charge in [-0.05, 0) is 31.0 Å². The third kappa shape index (κ3) is 1.71. The van der Waals surface area contributed by atoms with E-state index in [2.05, 4.69) is 0 Å². The lowest BCUT2D eigenvalue weighted by Crippen LogP contribution is -2.23. The maximum atomic E-state index is 12.9. The highest BCUT2D eigenvalue weighted by molar-refractivity contribution is 6.12. The van der Waals surface area contributed by atoms with Crippen LogP contribution in [0.15, 0.2) is 18.2 Å². The van der Waals surface area contributed by atoms with Crippen molar-refractivity contribution in [2.24, 2.45) is 5.92 Å². The van der Waals surface area contributed by atoms with Crippen LogP contribution in [0, 0.1) is 11.7 Å². The predicted octanol–water partition coefficient (Wildman–Crippen LogP) is 1.74. The Morgan fingerprint density at radius 1 is 1.56 bits per heavy atom. The number of esters is 1. The molecule has 0 aliphatic heterocycles. The van der Waals surface area contributed by atoms with Crippen LogP contribution >= 0.6 is 0 Å². The van der Waals surface area contributed by atoms with Crippen molar-refractivity contribution >= 4 is 11.8 Å². The SMILES string of the molecule is CCOC(=O)C1Cc2ccc(F)cc2C1=O. The number of Topliss-reactive ketones (excluding diaryl/α,β-unsaturated/α-hetero) is 1. The maximum absolute atomic E-state index is 12.9. The van der Waals surface area contributed by atoms with E-state index in [-0.39, 0.29) is 12.4 Å². The molecule has 0 heterocycles. The first-order valence-corrected chi connectivity index (χ1v) is 5.12. The largest absolute Gasteiger partial charge is 0.465 e. The Kier molecular flexibility index (Phi) is 2.73. The minimum absolute atomic E-state index is 0.243. The van der Waals surface area contributed by atoms with Crippen molar-refractivity contribution in [1.82, 2.24) is 0 Å². The number of benzene rings is 1. The molecule has 0 aromatic heterocycles. The van der Waals surface area contributed by atoms with Gasteiger partial charge in [0.1, 0.15) is 11.7 Å². The zero-order valence-electron chi connectivity index (χ0n) is 8.83. The Morgan fingerprint density at radius 2 is 2.31 bits per heavy atom. The standard InChI is InChI=1S/C12H11FO3/c1-2-16-12(15)10-5-7-3-4-8(13)6-9(7)11(10)14/h3-4,6,10H,2,5H2,1H3. The summed E-state index contributed by atoms with van der Waals surface area (Å²) in [6.45, 7) is 1.93. The predicted molar refractivity (Wildman–Crippen MR) is 54.6 cm³/mol. The molecule has 0 N–H and O–H groups in total. The van der Waals surface area contributed by atoms with Crippen LogP contribution < -0.4 is 0 Å². The Morgan fingerprint density at radius 3 is 3.00 bits per heavy atom. The zero-order chi connectivity index (χ0) is 11.7. The van der Waals surface area contributed by atoms with E-state index in [0.717, 1.165) is 0 Å². The van der Waals surface area contributed by atoms with E-state index in [9.17, 15) is 14.0 Å². The molecule has 4 heteroatoms. The number of rotatable bonds is 2. The fraction of sp³-hybridized carbons (Fsp3) is 0.333. The number of fused-ring (bicyclic) bond motifs is 1. The number of carbonyl (C=O) groups excluding carboxylic acids is 2. The molecular weight excluding hydrogens is 211 g/mol. The summed E-state index contributed by atoms with van der Waals surface area (Å²) in [5.74, 6) is -2.12. The summed E-state index contributed by atoms with van der Waals surface area (Å²) in [7, 11) is 0. The van der Waals surface area contributed by atoms with Crippen molar-refractivity contribution in [2.75, 3.05) is 6.61 Å². The first-order valence-electron chi connectivity index (χ1n) is 5.12. The van der Waals surface area contributed by atoms with Crippen molar-refractivity contribution in [3.05, 3.63) is 35.1 Å². The van der Waals surface area contributed by atoms with Crippen molar-refractivity contribution < 1.29 is 18.7 Å². The highest BCUT2D eigenvalue weighted by Gasteiger charge is 2.36. The molecular formula is C12H11FO3. The second-order valence-electron chi connectivity index (χ2n) is 3.67. The molecule has 0 spiro atoms. The number of ether oxygens (including phenoxy) is 1. The summed E-state index contributed by atoms with van der Waals surface area (Å²) >= 11 is 0. The van der Waals surface area contributed by atoms with Crippen LogP contribution in [0.25, 0.3) is 0 Å². The summed E-state index contributed by atoms with van der Waals surface area (Å²) in [6.07, 6.45) is 0.313. The Hall–Kier alpha value is -1.71. The molecule has 0 amide bonds. The molecule has 0 saturated heterocycles. The Bertz CT molecular complexity index is 454. The number of hydrogen-bond acceptors (Lipinski definition) is 3. The molecule has 1 unspecified atom stereocenters. The van der Waals surface area contributed by atoms with E-state index in [1.54, 1.807) is 13.0 Å². The molecule has 0 saturated carbocycles. The highest BCUT2D eigenvalue weighted by Crippen LogP contribution is 2.28. The summed E-state index contributed by atoms with van der Waals surface area (Å²) in [5.41, 5.74) is 1.02. The summed E-state index contributed by atoms with van der Waals surface area (Å²) < 4.78 is 17.7. The monoisotopic (exact) mass is 222 g/mol. The normalized spacial score (nSPS) is 18.4. The van der Waals surface area contributed by atoms with Crippen LogP contribution in [0.3, 0.4) is 0 Å². The van der Waals surface area contributed by atoms with Crippen LogP contribution in [0.1, 0.15) is 22.8 Å². The molecule has 0 fully saturated rings. The fourth-order valence-electron chi connectivity index (χ4n) is 1.89. The molecule has 1 atom stereocenters. The molecule has 84 valence electrons. The van der Waals surface area contributed by atoms with E-state index in [0.29, 0.717) is 17.5 Å². The van der Waals surface area contributed by atoms with Crippen LogP contribution in [0.2, 0.25) is 0 Å². The average Bonchev–Trinajstić information content (AvgIpc) is 2.57. The maximum Gasteiger partial charge on any atom is 0.317 e. The third-order valence-electron chi connectivity index (χ3n) is 2.65. The highest BCUT2D eigenvalue weighted by atomic mass is 19.1. The van der Waals surface area contributed by atoms with Crippen molar-refractivity contribution in [3.63, 3.8) is 0 Å². The van der Waals surface area contributed by atoms with Gasteiger partial charge in [0, 0.05) is 5.56 Å². The topological polar surface area (TPSA) is 43.4 Å². The number of carbonyl (C=O) groups is 2. The second-order valence-corrected chi connectivity index (χ2v) is 3.67. The number of halogens is 1. The molecule has 1 aliphatic rings. The third-order valence-corrected chi connectivity index (χ3v) is 2.65. The molecule has 1 aromatic carbocycles. The lowest BCUT2D eigenvalue weighted by atomic mass is 10.1. The van der Waals surface area contributed by atoms with Gasteiger partial charge in [-0.25, -0.2) is 4.39 Å².